The summed E-state index contributed by atoms with van der Waals surface area (Å²) in [5.41, 5.74) is 0.471. The van der Waals surface area contributed by atoms with Gasteiger partial charge in [-0.25, -0.2) is 0 Å². The van der Waals surface area contributed by atoms with Crippen LogP contribution >= 0.6 is 0 Å². The molecule has 114 valence electrons. The first kappa shape index (κ1) is 15.2. The molecule has 1 aromatic rings. The smallest absolute Gasteiger partial charge is 0.308 e. The van der Waals surface area contributed by atoms with E-state index in [1.165, 1.54) is 4.90 Å². The molecule has 21 heavy (non-hydrogen) atoms. The molecule has 0 saturated heterocycles. The zero-order valence-electron chi connectivity index (χ0n) is 12.2. The van der Waals surface area contributed by atoms with E-state index >= 15 is 0 Å². The molecule has 6 nitrogen and oxygen atoms in total. The number of rotatable bonds is 5. The summed E-state index contributed by atoms with van der Waals surface area (Å²) in [4.78, 5) is 24.9. The minimum absolute atomic E-state index is 0.180. The number of carboxylic acids is 1. The number of ether oxygens (including phenoxy) is 2. The van der Waals surface area contributed by atoms with E-state index in [-0.39, 0.29) is 12.5 Å². The van der Waals surface area contributed by atoms with Crippen LogP contribution in [0.1, 0.15) is 24.2 Å². The molecule has 0 saturated carbocycles. The van der Waals surface area contributed by atoms with Crippen molar-refractivity contribution in [2.24, 2.45) is 5.92 Å². The average molecular weight is 293 g/mol. The number of carboxylic acid groups (broad SMARTS) is 1. The number of benzene rings is 1. The Balaban J connectivity index is 2.15. The summed E-state index contributed by atoms with van der Waals surface area (Å²) in [6.45, 7) is 4.99. The largest absolute Gasteiger partial charge is 0.486 e. The Kier molecular flexibility index (Phi) is 4.67. The lowest BCUT2D eigenvalue weighted by atomic mass is 10.1. The quantitative estimate of drug-likeness (QED) is 0.893. The molecule has 1 N–H and O–H groups in total. The van der Waals surface area contributed by atoms with E-state index < -0.39 is 11.9 Å². The van der Waals surface area contributed by atoms with Crippen molar-refractivity contribution in [1.82, 2.24) is 4.90 Å². The summed E-state index contributed by atoms with van der Waals surface area (Å²) in [5, 5.41) is 8.96. The second-order valence-corrected chi connectivity index (χ2v) is 4.94. The number of fused-ring (bicyclic) bond motifs is 1. The fourth-order valence-corrected chi connectivity index (χ4v) is 2.12. The lowest BCUT2D eigenvalue weighted by Gasteiger charge is -2.24. The van der Waals surface area contributed by atoms with Gasteiger partial charge >= 0.3 is 5.97 Å². The van der Waals surface area contributed by atoms with Gasteiger partial charge in [0.15, 0.2) is 11.5 Å². The molecule has 0 bridgehead atoms. The van der Waals surface area contributed by atoms with Crippen LogP contribution in [0.3, 0.4) is 0 Å². The van der Waals surface area contributed by atoms with Crippen LogP contribution in [0.2, 0.25) is 0 Å². The van der Waals surface area contributed by atoms with Crippen LogP contribution in [-0.4, -0.2) is 48.2 Å². The fourth-order valence-electron chi connectivity index (χ4n) is 2.12. The lowest BCUT2D eigenvalue weighted by molar-refractivity contribution is -0.141. The van der Waals surface area contributed by atoms with Crippen molar-refractivity contribution in [3.05, 3.63) is 23.8 Å². The minimum Gasteiger partial charge on any atom is -0.486 e. The number of nitrogens with zero attached hydrogens (tertiary/aromatic N) is 1. The van der Waals surface area contributed by atoms with Gasteiger partial charge in [0, 0.05) is 18.7 Å². The van der Waals surface area contributed by atoms with E-state index in [9.17, 15) is 9.59 Å². The number of amides is 1. The van der Waals surface area contributed by atoms with E-state index in [1.54, 1.807) is 25.1 Å². The molecule has 0 aromatic heterocycles. The van der Waals surface area contributed by atoms with E-state index in [0.717, 1.165) is 0 Å². The Bertz CT molecular complexity index is 543. The second kappa shape index (κ2) is 6.47. The highest BCUT2D eigenvalue weighted by atomic mass is 16.6. The standard InChI is InChI=1S/C15H19NO5/c1-3-16(9-10(2)15(18)19)14(17)11-4-5-12-13(8-11)21-7-6-20-12/h4-5,8,10H,3,6-7,9H2,1-2H3,(H,18,19). The Hall–Kier alpha value is -2.24. The van der Waals surface area contributed by atoms with Crippen molar-refractivity contribution in [3.63, 3.8) is 0 Å². The van der Waals surface area contributed by atoms with E-state index in [1.807, 2.05) is 6.92 Å². The summed E-state index contributed by atoms with van der Waals surface area (Å²) in [5.74, 6) is -0.550. The Morgan fingerprint density at radius 1 is 1.29 bits per heavy atom. The zero-order valence-corrected chi connectivity index (χ0v) is 12.2. The summed E-state index contributed by atoms with van der Waals surface area (Å²) >= 11 is 0. The van der Waals surface area contributed by atoms with Crippen LogP contribution in [0.4, 0.5) is 0 Å². The molecule has 1 aliphatic rings. The molecule has 0 fully saturated rings. The third kappa shape index (κ3) is 3.45. The summed E-state index contributed by atoms with van der Waals surface area (Å²) in [6.07, 6.45) is 0. The number of aliphatic carboxylic acids is 1. The molecular formula is C15H19NO5. The first-order chi connectivity index (χ1) is 10.0. The Morgan fingerprint density at radius 3 is 2.57 bits per heavy atom. The molecule has 1 atom stereocenters. The first-order valence-electron chi connectivity index (χ1n) is 6.94. The molecule has 0 aliphatic carbocycles. The van der Waals surface area contributed by atoms with Gasteiger partial charge in [0.05, 0.1) is 5.92 Å². The van der Waals surface area contributed by atoms with Crippen LogP contribution in [0, 0.1) is 5.92 Å². The van der Waals surface area contributed by atoms with Crippen LogP contribution in [0.5, 0.6) is 11.5 Å². The number of carbonyl (C=O) groups excluding carboxylic acids is 1. The van der Waals surface area contributed by atoms with Gasteiger partial charge in [-0.1, -0.05) is 6.92 Å². The van der Waals surface area contributed by atoms with Gasteiger partial charge in [0.25, 0.3) is 5.91 Å². The van der Waals surface area contributed by atoms with Crippen molar-refractivity contribution < 1.29 is 24.2 Å². The van der Waals surface area contributed by atoms with Gasteiger partial charge in [-0.15, -0.1) is 0 Å². The van der Waals surface area contributed by atoms with Crippen LogP contribution in [-0.2, 0) is 4.79 Å². The van der Waals surface area contributed by atoms with Crippen LogP contribution in [0.25, 0.3) is 0 Å². The number of carbonyl (C=O) groups is 2. The monoisotopic (exact) mass is 293 g/mol. The Labute approximate surface area is 123 Å². The van der Waals surface area contributed by atoms with Crippen LogP contribution < -0.4 is 9.47 Å². The average Bonchev–Trinajstić information content (AvgIpc) is 2.51. The maximum Gasteiger partial charge on any atom is 0.308 e. The van der Waals surface area contributed by atoms with Gasteiger partial charge in [-0.05, 0) is 25.1 Å². The van der Waals surface area contributed by atoms with Gasteiger partial charge in [-0.2, -0.15) is 0 Å². The molecule has 6 heteroatoms. The van der Waals surface area contributed by atoms with E-state index in [2.05, 4.69) is 0 Å². The van der Waals surface area contributed by atoms with Gasteiger partial charge in [0.2, 0.25) is 0 Å². The molecule has 0 radical (unpaired) electrons. The SMILES string of the molecule is CCN(CC(C)C(=O)O)C(=O)c1ccc2c(c1)OCCO2. The number of hydrogen-bond donors (Lipinski definition) is 1. The Morgan fingerprint density at radius 2 is 1.95 bits per heavy atom. The normalized spacial score (nSPS) is 14.4. The number of hydrogen-bond acceptors (Lipinski definition) is 4. The predicted octanol–water partition coefficient (Wildman–Crippen LogP) is 1.64. The molecule has 1 aliphatic heterocycles. The molecule has 1 unspecified atom stereocenters. The molecule has 2 rings (SSSR count). The fraction of sp³-hybridized carbons (Fsp3) is 0.467. The maximum absolute atomic E-state index is 12.5. The maximum atomic E-state index is 12.5. The predicted molar refractivity (Wildman–Crippen MR) is 75.8 cm³/mol. The van der Waals surface area contributed by atoms with Gasteiger partial charge < -0.3 is 19.5 Å². The topological polar surface area (TPSA) is 76.1 Å². The van der Waals surface area contributed by atoms with Crippen molar-refractivity contribution in [2.45, 2.75) is 13.8 Å². The van der Waals surface area contributed by atoms with Crippen molar-refractivity contribution >= 4 is 11.9 Å². The van der Waals surface area contributed by atoms with Gasteiger partial charge in [-0.3, -0.25) is 9.59 Å². The lowest BCUT2D eigenvalue weighted by Crippen LogP contribution is -2.36. The second-order valence-electron chi connectivity index (χ2n) is 4.94. The summed E-state index contributed by atoms with van der Waals surface area (Å²) in [7, 11) is 0. The highest BCUT2D eigenvalue weighted by molar-refractivity contribution is 5.95. The highest BCUT2D eigenvalue weighted by Crippen LogP contribution is 2.31. The molecular weight excluding hydrogens is 274 g/mol. The minimum atomic E-state index is -0.913. The highest BCUT2D eigenvalue weighted by Gasteiger charge is 2.22. The van der Waals surface area contributed by atoms with Gasteiger partial charge in [0.1, 0.15) is 13.2 Å². The third-order valence-corrected chi connectivity index (χ3v) is 3.37. The first-order valence-corrected chi connectivity index (χ1v) is 6.94. The zero-order chi connectivity index (χ0) is 15.4. The van der Waals surface area contributed by atoms with Crippen molar-refractivity contribution in [1.29, 1.82) is 0 Å². The van der Waals surface area contributed by atoms with E-state index in [4.69, 9.17) is 14.6 Å². The molecule has 1 aromatic carbocycles. The molecule has 1 amide bonds. The molecule has 1 heterocycles. The molecule has 0 spiro atoms. The van der Waals surface area contributed by atoms with Crippen LogP contribution in [0.15, 0.2) is 18.2 Å². The van der Waals surface area contributed by atoms with E-state index in [0.29, 0.717) is 36.8 Å². The summed E-state index contributed by atoms with van der Waals surface area (Å²) in [6, 6.07) is 5.02. The van der Waals surface area contributed by atoms with Crippen molar-refractivity contribution in [2.75, 3.05) is 26.3 Å². The third-order valence-electron chi connectivity index (χ3n) is 3.37. The summed E-state index contributed by atoms with van der Waals surface area (Å²) < 4.78 is 10.9. The van der Waals surface area contributed by atoms with Crippen molar-refractivity contribution in [3.8, 4) is 11.5 Å².